The molecule has 1 saturated heterocycles. The molecular formula is C21H25NO3. The van der Waals surface area contributed by atoms with Crippen molar-refractivity contribution in [1.29, 1.82) is 0 Å². The van der Waals surface area contributed by atoms with Gasteiger partial charge in [0.25, 0.3) is 0 Å². The van der Waals surface area contributed by atoms with Gasteiger partial charge < -0.3 is 19.9 Å². The molecule has 2 N–H and O–H groups in total. The van der Waals surface area contributed by atoms with E-state index in [2.05, 4.69) is 23.5 Å². The number of aliphatic hydroxyl groups excluding tert-OH is 1. The van der Waals surface area contributed by atoms with Gasteiger partial charge in [-0.2, -0.15) is 0 Å². The van der Waals surface area contributed by atoms with Crippen LogP contribution in [0.5, 0.6) is 11.5 Å². The van der Waals surface area contributed by atoms with Crippen LogP contribution in [-0.4, -0.2) is 30.9 Å². The molecule has 0 aliphatic carbocycles. The van der Waals surface area contributed by atoms with Gasteiger partial charge in [-0.05, 0) is 49.5 Å². The van der Waals surface area contributed by atoms with E-state index in [9.17, 15) is 5.11 Å². The van der Waals surface area contributed by atoms with Crippen LogP contribution in [0, 0.1) is 0 Å². The molecule has 1 atom stereocenters. The highest BCUT2D eigenvalue weighted by Crippen LogP contribution is 2.48. The van der Waals surface area contributed by atoms with Crippen LogP contribution in [0.2, 0.25) is 0 Å². The van der Waals surface area contributed by atoms with Crippen molar-refractivity contribution in [2.75, 3.05) is 20.2 Å². The first-order chi connectivity index (χ1) is 12.2. The molecule has 2 aromatic rings. The first kappa shape index (κ1) is 16.4. The second-order valence-electron chi connectivity index (χ2n) is 7.10. The van der Waals surface area contributed by atoms with Crippen LogP contribution in [0.3, 0.4) is 0 Å². The minimum Gasteiger partial charge on any atom is -0.497 e. The molecule has 1 unspecified atom stereocenters. The number of fused-ring (bicyclic) bond motifs is 1. The Kier molecular flexibility index (Phi) is 4.40. The molecule has 0 saturated carbocycles. The Bertz CT molecular complexity index is 753. The number of hydrogen-bond acceptors (Lipinski definition) is 4. The van der Waals surface area contributed by atoms with Gasteiger partial charge in [-0.15, -0.1) is 0 Å². The van der Waals surface area contributed by atoms with Crippen molar-refractivity contribution in [3.05, 3.63) is 59.2 Å². The van der Waals surface area contributed by atoms with Gasteiger partial charge in [0.15, 0.2) is 0 Å². The van der Waals surface area contributed by atoms with E-state index in [-0.39, 0.29) is 18.1 Å². The van der Waals surface area contributed by atoms with E-state index in [1.165, 1.54) is 11.1 Å². The summed E-state index contributed by atoms with van der Waals surface area (Å²) in [6, 6.07) is 14.4. The Morgan fingerprint density at radius 2 is 2.04 bits per heavy atom. The minimum atomic E-state index is -0.121. The Morgan fingerprint density at radius 3 is 2.80 bits per heavy atom. The molecule has 132 valence electrons. The van der Waals surface area contributed by atoms with Crippen LogP contribution in [0.4, 0.5) is 0 Å². The third-order valence-electron chi connectivity index (χ3n) is 5.55. The second kappa shape index (κ2) is 6.70. The molecule has 0 amide bonds. The van der Waals surface area contributed by atoms with Gasteiger partial charge >= 0.3 is 0 Å². The van der Waals surface area contributed by atoms with E-state index < -0.39 is 0 Å². The van der Waals surface area contributed by atoms with E-state index in [1.807, 2.05) is 24.3 Å². The highest BCUT2D eigenvalue weighted by molar-refractivity contribution is 5.49. The van der Waals surface area contributed by atoms with Crippen molar-refractivity contribution in [3.8, 4) is 11.5 Å². The molecule has 2 heterocycles. The summed E-state index contributed by atoms with van der Waals surface area (Å²) in [4.78, 5) is 0. The summed E-state index contributed by atoms with van der Waals surface area (Å²) in [6.07, 6.45) is 3.00. The van der Waals surface area contributed by atoms with Crippen LogP contribution in [0.15, 0.2) is 42.5 Å². The summed E-state index contributed by atoms with van der Waals surface area (Å²) < 4.78 is 11.9. The summed E-state index contributed by atoms with van der Waals surface area (Å²) in [5.41, 5.74) is 3.29. The van der Waals surface area contributed by atoms with Gasteiger partial charge in [0, 0.05) is 17.5 Å². The molecule has 25 heavy (non-hydrogen) atoms. The van der Waals surface area contributed by atoms with E-state index in [0.717, 1.165) is 49.4 Å². The molecule has 4 nitrogen and oxygen atoms in total. The molecule has 4 heteroatoms. The van der Waals surface area contributed by atoms with Crippen molar-refractivity contribution in [1.82, 2.24) is 5.32 Å². The van der Waals surface area contributed by atoms with Gasteiger partial charge in [0.2, 0.25) is 0 Å². The molecule has 1 spiro atoms. The third-order valence-corrected chi connectivity index (χ3v) is 5.55. The summed E-state index contributed by atoms with van der Waals surface area (Å²) in [7, 11) is 1.69. The van der Waals surface area contributed by atoms with Crippen LogP contribution in [-0.2, 0) is 6.61 Å². The number of benzene rings is 2. The Hall–Kier alpha value is -2.04. The quantitative estimate of drug-likeness (QED) is 0.901. The first-order valence-corrected chi connectivity index (χ1v) is 9.00. The number of rotatable bonds is 3. The van der Waals surface area contributed by atoms with Crippen LogP contribution < -0.4 is 14.8 Å². The fourth-order valence-corrected chi connectivity index (χ4v) is 4.17. The molecule has 1 fully saturated rings. The Labute approximate surface area is 148 Å². The zero-order chi connectivity index (χ0) is 17.3. The average Bonchev–Trinajstić information content (AvgIpc) is 2.67. The smallest absolute Gasteiger partial charge is 0.127 e. The maximum atomic E-state index is 9.52. The lowest BCUT2D eigenvalue weighted by Gasteiger charge is -2.45. The van der Waals surface area contributed by atoms with E-state index in [1.54, 1.807) is 7.11 Å². The molecular weight excluding hydrogens is 314 g/mol. The monoisotopic (exact) mass is 339 g/mol. The van der Waals surface area contributed by atoms with Crippen molar-refractivity contribution < 1.29 is 14.6 Å². The van der Waals surface area contributed by atoms with Crippen LogP contribution in [0.25, 0.3) is 0 Å². The zero-order valence-corrected chi connectivity index (χ0v) is 14.6. The van der Waals surface area contributed by atoms with E-state index in [0.29, 0.717) is 0 Å². The average molecular weight is 339 g/mol. The van der Waals surface area contributed by atoms with Gasteiger partial charge in [0.05, 0.1) is 13.7 Å². The van der Waals surface area contributed by atoms with E-state index >= 15 is 0 Å². The maximum absolute atomic E-state index is 9.52. The molecule has 0 radical (unpaired) electrons. The molecule has 2 aromatic carbocycles. The highest BCUT2D eigenvalue weighted by Gasteiger charge is 2.42. The number of piperidine rings is 1. The predicted molar refractivity (Wildman–Crippen MR) is 97.3 cm³/mol. The fourth-order valence-electron chi connectivity index (χ4n) is 4.17. The van der Waals surface area contributed by atoms with Gasteiger partial charge in [0.1, 0.15) is 17.1 Å². The second-order valence-corrected chi connectivity index (χ2v) is 7.10. The lowest BCUT2D eigenvalue weighted by molar-refractivity contribution is 0.0112. The van der Waals surface area contributed by atoms with Crippen molar-refractivity contribution >= 4 is 0 Å². The SMILES string of the molecule is COc1ccc2c(c1)OC1(CCNCC1)CC2c1cccc(CO)c1. The van der Waals surface area contributed by atoms with Gasteiger partial charge in [-0.1, -0.05) is 30.3 Å². The topological polar surface area (TPSA) is 50.7 Å². The highest BCUT2D eigenvalue weighted by atomic mass is 16.5. The summed E-state index contributed by atoms with van der Waals surface area (Å²) in [5.74, 6) is 2.04. The third kappa shape index (κ3) is 3.12. The molecule has 0 bridgehead atoms. The molecule has 2 aliphatic rings. The lowest BCUT2D eigenvalue weighted by Crippen LogP contribution is -2.49. The normalized spacial score (nSPS) is 21.4. The molecule has 0 aromatic heterocycles. The molecule has 2 aliphatic heterocycles. The minimum absolute atomic E-state index is 0.0710. The fraction of sp³-hybridized carbons (Fsp3) is 0.429. The number of methoxy groups -OCH3 is 1. The molecule has 4 rings (SSSR count). The Morgan fingerprint density at radius 1 is 1.20 bits per heavy atom. The number of aliphatic hydroxyl groups is 1. The maximum Gasteiger partial charge on any atom is 0.127 e. The van der Waals surface area contributed by atoms with Crippen LogP contribution >= 0.6 is 0 Å². The van der Waals surface area contributed by atoms with Gasteiger partial charge in [-0.25, -0.2) is 0 Å². The first-order valence-electron chi connectivity index (χ1n) is 9.00. The zero-order valence-electron chi connectivity index (χ0n) is 14.6. The number of ether oxygens (including phenoxy) is 2. The standard InChI is InChI=1S/C21H25NO3/c1-24-17-5-6-18-19(16-4-2-3-15(11-16)14-23)13-21(25-20(18)12-17)7-9-22-10-8-21/h2-6,11-12,19,22-23H,7-10,13-14H2,1H3. The van der Waals surface area contributed by atoms with Gasteiger partial charge in [-0.3, -0.25) is 0 Å². The predicted octanol–water partition coefficient (Wildman–Crippen LogP) is 3.22. The van der Waals surface area contributed by atoms with E-state index in [4.69, 9.17) is 9.47 Å². The summed E-state index contributed by atoms with van der Waals surface area (Å²) >= 11 is 0. The van der Waals surface area contributed by atoms with Crippen molar-refractivity contribution in [2.45, 2.75) is 37.4 Å². The number of nitrogens with one attached hydrogen (secondary N) is 1. The summed E-state index contributed by atoms with van der Waals surface area (Å²) in [5, 5.41) is 13.0. The van der Waals surface area contributed by atoms with Crippen LogP contribution in [0.1, 0.15) is 41.9 Å². The lowest BCUT2D eigenvalue weighted by atomic mass is 9.75. The number of hydrogen-bond donors (Lipinski definition) is 2. The largest absolute Gasteiger partial charge is 0.497 e. The Balaban J connectivity index is 1.79. The summed E-state index contributed by atoms with van der Waals surface area (Å²) in [6.45, 7) is 2.05. The van der Waals surface area contributed by atoms with Crippen molar-refractivity contribution in [3.63, 3.8) is 0 Å². The van der Waals surface area contributed by atoms with Crippen molar-refractivity contribution in [2.24, 2.45) is 0 Å².